The average Bonchev–Trinajstić information content (AvgIpc) is 2.73. The number of rotatable bonds is 4. The molecule has 0 amide bonds. The van der Waals surface area contributed by atoms with Gasteiger partial charge in [0.1, 0.15) is 5.82 Å². The van der Waals surface area contributed by atoms with E-state index in [1.165, 1.54) is 17.7 Å². The summed E-state index contributed by atoms with van der Waals surface area (Å²) in [6.45, 7) is 5.68. The summed E-state index contributed by atoms with van der Waals surface area (Å²) in [7, 11) is 0. The average molecular weight is 232 g/mol. The summed E-state index contributed by atoms with van der Waals surface area (Å²) in [4.78, 5) is 0. The summed E-state index contributed by atoms with van der Waals surface area (Å²) in [5.74, 6) is -0.196. The lowest BCUT2D eigenvalue weighted by atomic mass is 10.2. The molecule has 0 radical (unpaired) electrons. The van der Waals surface area contributed by atoms with Crippen LogP contribution in [0, 0.1) is 12.7 Å². The number of aromatic nitrogens is 1. The number of hydrogen-bond acceptors (Lipinski definition) is 1. The Balaban J connectivity index is 2.01. The van der Waals surface area contributed by atoms with Crippen LogP contribution in [0.5, 0.6) is 0 Å². The fraction of sp³-hybridized carbons (Fsp3) is 0.286. The molecule has 1 N–H and O–H groups in total. The van der Waals surface area contributed by atoms with Crippen molar-refractivity contribution >= 4 is 5.69 Å². The summed E-state index contributed by atoms with van der Waals surface area (Å²) in [5.41, 5.74) is 2.96. The van der Waals surface area contributed by atoms with Crippen molar-refractivity contribution in [2.24, 2.45) is 0 Å². The molecule has 0 saturated heterocycles. The van der Waals surface area contributed by atoms with Gasteiger partial charge in [-0.15, -0.1) is 0 Å². The largest absolute Gasteiger partial charge is 0.381 e. The molecule has 0 bridgehead atoms. The maximum atomic E-state index is 13.2. The van der Waals surface area contributed by atoms with E-state index in [0.717, 1.165) is 24.3 Å². The molecule has 90 valence electrons. The van der Waals surface area contributed by atoms with Crippen molar-refractivity contribution in [1.29, 1.82) is 0 Å². The van der Waals surface area contributed by atoms with Gasteiger partial charge in [0.15, 0.2) is 0 Å². The summed E-state index contributed by atoms with van der Waals surface area (Å²) < 4.78 is 15.3. The Morgan fingerprint density at radius 3 is 2.76 bits per heavy atom. The zero-order chi connectivity index (χ0) is 12.3. The molecule has 0 unspecified atom stereocenters. The molecule has 0 fully saturated rings. The highest BCUT2D eigenvalue weighted by Gasteiger charge is 1.99. The maximum absolute atomic E-state index is 13.2. The van der Waals surface area contributed by atoms with Crippen molar-refractivity contribution in [1.82, 2.24) is 4.57 Å². The van der Waals surface area contributed by atoms with E-state index in [9.17, 15) is 4.39 Å². The van der Waals surface area contributed by atoms with Gasteiger partial charge in [-0.25, -0.2) is 4.39 Å². The van der Waals surface area contributed by atoms with Gasteiger partial charge in [0.05, 0.1) is 0 Å². The molecule has 3 heteroatoms. The van der Waals surface area contributed by atoms with Crippen LogP contribution in [0.3, 0.4) is 0 Å². The van der Waals surface area contributed by atoms with Gasteiger partial charge in [-0.1, -0.05) is 0 Å². The third kappa shape index (κ3) is 3.09. The number of benzene rings is 1. The molecular formula is C14H17FN2. The van der Waals surface area contributed by atoms with Crippen LogP contribution in [0.15, 0.2) is 36.7 Å². The Hall–Kier alpha value is -1.77. The van der Waals surface area contributed by atoms with Crippen molar-refractivity contribution in [3.8, 4) is 0 Å². The van der Waals surface area contributed by atoms with Crippen molar-refractivity contribution in [2.45, 2.75) is 26.9 Å². The van der Waals surface area contributed by atoms with Crippen LogP contribution in [0.25, 0.3) is 0 Å². The molecular weight excluding hydrogens is 215 g/mol. The van der Waals surface area contributed by atoms with Crippen LogP contribution in [-0.4, -0.2) is 4.57 Å². The highest BCUT2D eigenvalue weighted by molar-refractivity contribution is 5.46. The number of anilines is 1. The first-order valence-electron chi connectivity index (χ1n) is 5.83. The Labute approximate surface area is 101 Å². The number of halogens is 1. The van der Waals surface area contributed by atoms with Gasteiger partial charge in [-0.2, -0.15) is 0 Å². The Bertz CT molecular complexity index is 482. The zero-order valence-corrected chi connectivity index (χ0v) is 10.2. The molecule has 0 aliphatic heterocycles. The van der Waals surface area contributed by atoms with E-state index in [0.29, 0.717) is 0 Å². The lowest BCUT2D eigenvalue weighted by molar-refractivity contribution is 0.627. The molecule has 2 aromatic rings. The summed E-state index contributed by atoms with van der Waals surface area (Å²) in [6.07, 6.45) is 4.15. The molecule has 17 heavy (non-hydrogen) atoms. The van der Waals surface area contributed by atoms with E-state index in [-0.39, 0.29) is 5.82 Å². The van der Waals surface area contributed by atoms with Crippen molar-refractivity contribution in [3.63, 3.8) is 0 Å². The number of nitrogens with zero attached hydrogens (tertiary/aromatic N) is 1. The van der Waals surface area contributed by atoms with Gasteiger partial charge in [-0.05, 0) is 49.2 Å². The number of nitrogens with one attached hydrogen (secondary N) is 1. The van der Waals surface area contributed by atoms with Gasteiger partial charge in [0, 0.05) is 31.2 Å². The predicted molar refractivity (Wildman–Crippen MR) is 68.6 cm³/mol. The second-order valence-electron chi connectivity index (χ2n) is 4.22. The van der Waals surface area contributed by atoms with Gasteiger partial charge in [0.25, 0.3) is 0 Å². The zero-order valence-electron chi connectivity index (χ0n) is 10.2. The van der Waals surface area contributed by atoms with E-state index in [1.807, 2.05) is 19.2 Å². The third-order valence-corrected chi connectivity index (χ3v) is 2.72. The fourth-order valence-corrected chi connectivity index (χ4v) is 1.83. The minimum atomic E-state index is -0.196. The quantitative estimate of drug-likeness (QED) is 0.852. The second-order valence-corrected chi connectivity index (χ2v) is 4.22. The first-order chi connectivity index (χ1) is 8.17. The summed E-state index contributed by atoms with van der Waals surface area (Å²) in [5, 5.41) is 3.23. The minimum absolute atomic E-state index is 0.196. The van der Waals surface area contributed by atoms with Gasteiger partial charge < -0.3 is 9.88 Å². The van der Waals surface area contributed by atoms with Crippen LogP contribution in [0.2, 0.25) is 0 Å². The molecule has 2 rings (SSSR count). The van der Waals surface area contributed by atoms with Crippen molar-refractivity contribution < 1.29 is 4.39 Å². The van der Waals surface area contributed by atoms with Crippen LogP contribution in [-0.2, 0) is 13.1 Å². The van der Waals surface area contributed by atoms with Crippen LogP contribution < -0.4 is 5.32 Å². The minimum Gasteiger partial charge on any atom is -0.381 e. The highest BCUT2D eigenvalue weighted by atomic mass is 19.1. The van der Waals surface area contributed by atoms with Crippen LogP contribution in [0.4, 0.5) is 10.1 Å². The predicted octanol–water partition coefficient (Wildman–Crippen LogP) is 3.57. The second kappa shape index (κ2) is 5.04. The molecule has 1 aromatic carbocycles. The SMILES string of the molecule is CCn1ccc(CNc2cc(C)cc(F)c2)c1. The molecule has 0 atom stereocenters. The normalized spacial score (nSPS) is 10.5. The van der Waals surface area contributed by atoms with Crippen LogP contribution >= 0.6 is 0 Å². The highest BCUT2D eigenvalue weighted by Crippen LogP contribution is 2.14. The third-order valence-electron chi connectivity index (χ3n) is 2.72. The molecule has 0 saturated carbocycles. The van der Waals surface area contributed by atoms with Crippen molar-refractivity contribution in [2.75, 3.05) is 5.32 Å². The number of aryl methyl sites for hydroxylation is 2. The van der Waals surface area contributed by atoms with E-state index >= 15 is 0 Å². The molecule has 2 nitrogen and oxygen atoms in total. The monoisotopic (exact) mass is 232 g/mol. The van der Waals surface area contributed by atoms with E-state index in [2.05, 4.69) is 29.1 Å². The molecule has 0 aliphatic carbocycles. The van der Waals surface area contributed by atoms with Gasteiger partial charge in [-0.3, -0.25) is 0 Å². The topological polar surface area (TPSA) is 17.0 Å². The van der Waals surface area contributed by atoms with Crippen molar-refractivity contribution in [3.05, 3.63) is 53.6 Å². The van der Waals surface area contributed by atoms with Crippen LogP contribution in [0.1, 0.15) is 18.1 Å². The van der Waals surface area contributed by atoms with E-state index < -0.39 is 0 Å². The maximum Gasteiger partial charge on any atom is 0.125 e. The number of hydrogen-bond donors (Lipinski definition) is 1. The summed E-state index contributed by atoms with van der Waals surface area (Å²) in [6, 6.07) is 7.06. The van der Waals surface area contributed by atoms with E-state index in [1.54, 1.807) is 0 Å². The standard InChI is InChI=1S/C14H17FN2/c1-3-17-5-4-12(10-17)9-16-14-7-11(2)6-13(15)8-14/h4-8,10,16H,3,9H2,1-2H3. The Morgan fingerprint density at radius 2 is 2.12 bits per heavy atom. The molecule has 1 heterocycles. The Morgan fingerprint density at radius 1 is 1.29 bits per heavy atom. The first kappa shape index (κ1) is 11.7. The first-order valence-corrected chi connectivity index (χ1v) is 5.83. The lowest BCUT2D eigenvalue weighted by Gasteiger charge is -2.06. The fourth-order valence-electron chi connectivity index (χ4n) is 1.83. The smallest absolute Gasteiger partial charge is 0.125 e. The van der Waals surface area contributed by atoms with Gasteiger partial charge >= 0.3 is 0 Å². The summed E-state index contributed by atoms with van der Waals surface area (Å²) >= 11 is 0. The molecule has 0 spiro atoms. The van der Waals surface area contributed by atoms with Gasteiger partial charge in [0.2, 0.25) is 0 Å². The molecule has 1 aromatic heterocycles. The van der Waals surface area contributed by atoms with E-state index in [4.69, 9.17) is 0 Å². The molecule has 0 aliphatic rings. The Kier molecular flexibility index (Phi) is 3.47. The lowest BCUT2D eigenvalue weighted by Crippen LogP contribution is -1.99.